The van der Waals surface area contributed by atoms with Crippen LogP contribution in [0.25, 0.3) is 0 Å². The van der Waals surface area contributed by atoms with Gasteiger partial charge in [-0.2, -0.15) is 0 Å². The number of unbranched alkanes of at least 4 members (excludes halogenated alkanes) is 31. The highest BCUT2D eigenvalue weighted by atomic mass is 16.5. The van der Waals surface area contributed by atoms with Crippen LogP contribution in [-0.2, 0) is 14.3 Å². The summed E-state index contributed by atoms with van der Waals surface area (Å²) in [6.45, 7) is 4.82. The normalized spacial score (nSPS) is 13.1. The molecule has 6 nitrogen and oxygen atoms in total. The number of ether oxygens (including phenoxy) is 1. The van der Waals surface area contributed by atoms with Gasteiger partial charge in [-0.15, -0.1) is 0 Å². The van der Waals surface area contributed by atoms with Crippen LogP contribution in [-0.4, -0.2) is 47.4 Å². The Balaban J connectivity index is 3.55. The Morgan fingerprint density at radius 3 is 1.28 bits per heavy atom. The predicted octanol–water partition coefficient (Wildman–Crippen LogP) is 15.5. The molecule has 0 aliphatic heterocycles. The van der Waals surface area contributed by atoms with Crippen LogP contribution in [0.1, 0.15) is 258 Å². The fraction of sp³-hybridized carbons (Fsp3) is 0.815. The van der Waals surface area contributed by atoms with Crippen LogP contribution in [0.4, 0.5) is 0 Å². The average molecular weight is 842 g/mol. The lowest BCUT2D eigenvalue weighted by atomic mass is 10.1. The Kier molecular flexibility index (Phi) is 47.7. The van der Waals surface area contributed by atoms with Crippen LogP contribution in [0.3, 0.4) is 0 Å². The molecule has 0 saturated heterocycles. The van der Waals surface area contributed by atoms with Crippen molar-refractivity contribution in [2.45, 2.75) is 270 Å². The number of nitrogens with one attached hydrogen (secondary N) is 1. The van der Waals surface area contributed by atoms with Gasteiger partial charge < -0.3 is 20.3 Å². The number of amides is 1. The van der Waals surface area contributed by atoms with Gasteiger partial charge >= 0.3 is 5.97 Å². The van der Waals surface area contributed by atoms with Crippen molar-refractivity contribution >= 4 is 11.9 Å². The molecule has 3 N–H and O–H groups in total. The topological polar surface area (TPSA) is 95.9 Å². The first-order valence-corrected chi connectivity index (χ1v) is 25.9. The molecule has 0 aliphatic carbocycles. The third-order valence-corrected chi connectivity index (χ3v) is 11.6. The second-order valence-electron chi connectivity index (χ2n) is 17.5. The summed E-state index contributed by atoms with van der Waals surface area (Å²) in [5.74, 6) is -0.124. The first-order valence-electron chi connectivity index (χ1n) is 25.9. The third-order valence-electron chi connectivity index (χ3n) is 11.6. The maximum absolute atomic E-state index is 12.4. The van der Waals surface area contributed by atoms with Crippen molar-refractivity contribution in [3.05, 3.63) is 48.6 Å². The Morgan fingerprint density at radius 2 is 0.833 bits per heavy atom. The molecule has 2 atom stereocenters. The molecular weight excluding hydrogens is 743 g/mol. The van der Waals surface area contributed by atoms with E-state index in [1.54, 1.807) is 6.08 Å². The first kappa shape index (κ1) is 57.8. The molecular formula is C54H99NO5. The van der Waals surface area contributed by atoms with Crippen molar-refractivity contribution in [2.24, 2.45) is 0 Å². The summed E-state index contributed by atoms with van der Waals surface area (Å²) in [6.07, 6.45) is 61.1. The summed E-state index contributed by atoms with van der Waals surface area (Å²) in [5, 5.41) is 23.0. The number of carbonyl (C=O) groups excluding carboxylic acids is 2. The lowest BCUT2D eigenvalue weighted by molar-refractivity contribution is -0.143. The van der Waals surface area contributed by atoms with Crippen molar-refractivity contribution in [3.63, 3.8) is 0 Å². The first-order chi connectivity index (χ1) is 29.5. The van der Waals surface area contributed by atoms with Crippen molar-refractivity contribution < 1.29 is 24.5 Å². The van der Waals surface area contributed by atoms with E-state index in [4.69, 9.17) is 4.74 Å². The smallest absolute Gasteiger partial charge is 0.305 e. The van der Waals surface area contributed by atoms with Gasteiger partial charge in [0.2, 0.25) is 5.91 Å². The molecule has 0 heterocycles. The summed E-state index contributed by atoms with van der Waals surface area (Å²) in [5.41, 5.74) is 0. The Morgan fingerprint density at radius 1 is 0.467 bits per heavy atom. The number of hydrogen-bond acceptors (Lipinski definition) is 5. The molecule has 0 aromatic heterocycles. The monoisotopic (exact) mass is 842 g/mol. The highest BCUT2D eigenvalue weighted by Gasteiger charge is 2.18. The Labute approximate surface area is 372 Å². The number of hydrogen-bond donors (Lipinski definition) is 3. The van der Waals surface area contributed by atoms with Gasteiger partial charge in [-0.1, -0.05) is 204 Å². The summed E-state index contributed by atoms with van der Waals surface area (Å²) in [4.78, 5) is 24.4. The van der Waals surface area contributed by atoms with Crippen LogP contribution in [0.15, 0.2) is 48.6 Å². The highest BCUT2D eigenvalue weighted by Crippen LogP contribution is 2.14. The van der Waals surface area contributed by atoms with Gasteiger partial charge in [0.05, 0.1) is 25.4 Å². The molecule has 0 aromatic carbocycles. The summed E-state index contributed by atoms with van der Waals surface area (Å²) < 4.78 is 5.44. The molecule has 0 aromatic rings. The van der Waals surface area contributed by atoms with Crippen molar-refractivity contribution in [1.82, 2.24) is 5.32 Å². The average Bonchev–Trinajstić information content (AvgIpc) is 3.25. The number of carbonyl (C=O) groups is 2. The van der Waals surface area contributed by atoms with Crippen LogP contribution < -0.4 is 5.32 Å². The molecule has 0 fully saturated rings. The number of allylic oxidation sites excluding steroid dienone is 7. The Hall–Kier alpha value is -2.18. The van der Waals surface area contributed by atoms with Gasteiger partial charge in [0.1, 0.15) is 0 Å². The maximum atomic E-state index is 12.4. The molecule has 350 valence electrons. The molecule has 0 rings (SSSR count). The van der Waals surface area contributed by atoms with E-state index in [0.29, 0.717) is 19.4 Å². The minimum atomic E-state index is -0.858. The quantitative estimate of drug-likeness (QED) is 0.0245. The van der Waals surface area contributed by atoms with E-state index in [0.717, 1.165) is 77.0 Å². The zero-order chi connectivity index (χ0) is 43.7. The largest absolute Gasteiger partial charge is 0.466 e. The van der Waals surface area contributed by atoms with Crippen LogP contribution in [0, 0.1) is 0 Å². The van der Waals surface area contributed by atoms with Gasteiger partial charge in [0.15, 0.2) is 0 Å². The standard InChI is InChI=1S/C54H99NO5/c1-3-5-7-9-11-13-15-17-18-21-24-28-32-36-40-44-48-54(59)60-49-45-41-37-33-29-25-22-19-20-23-27-31-35-39-43-47-53(58)55-51(50-56)52(57)46-42-38-34-30-26-16-14-12-10-8-6-4-2/h18-19,21-22,25,29,42,46,51-52,56-57H,3-17,20,23-24,26-28,30-41,43-45,47-50H2,1-2H3,(H,55,58)/b21-18-,22-19-,29-25-,46-42+. The fourth-order valence-electron chi connectivity index (χ4n) is 7.56. The number of esters is 1. The molecule has 0 saturated carbocycles. The van der Waals surface area contributed by atoms with Gasteiger partial charge in [0, 0.05) is 12.8 Å². The predicted molar refractivity (Wildman–Crippen MR) is 259 cm³/mol. The maximum Gasteiger partial charge on any atom is 0.305 e. The molecule has 0 aliphatic rings. The summed E-state index contributed by atoms with van der Waals surface area (Å²) in [7, 11) is 0. The van der Waals surface area contributed by atoms with Crippen LogP contribution >= 0.6 is 0 Å². The lowest BCUT2D eigenvalue weighted by Gasteiger charge is -2.20. The molecule has 60 heavy (non-hydrogen) atoms. The molecule has 6 heteroatoms. The minimum absolute atomic E-state index is 0.0312. The molecule has 1 amide bonds. The van der Waals surface area contributed by atoms with E-state index in [9.17, 15) is 19.8 Å². The van der Waals surface area contributed by atoms with E-state index in [1.807, 2.05) is 6.08 Å². The highest BCUT2D eigenvalue weighted by molar-refractivity contribution is 5.76. The second kappa shape index (κ2) is 49.5. The summed E-state index contributed by atoms with van der Waals surface area (Å²) >= 11 is 0. The van der Waals surface area contributed by atoms with Crippen molar-refractivity contribution in [1.29, 1.82) is 0 Å². The van der Waals surface area contributed by atoms with Gasteiger partial charge in [-0.3, -0.25) is 9.59 Å². The van der Waals surface area contributed by atoms with Crippen LogP contribution in [0.2, 0.25) is 0 Å². The number of aliphatic hydroxyl groups is 2. The number of rotatable bonds is 47. The minimum Gasteiger partial charge on any atom is -0.466 e. The van der Waals surface area contributed by atoms with E-state index in [1.165, 1.54) is 154 Å². The Bertz CT molecular complexity index is 1020. The molecule has 0 spiro atoms. The molecule has 0 radical (unpaired) electrons. The van der Waals surface area contributed by atoms with E-state index in [2.05, 4.69) is 55.6 Å². The van der Waals surface area contributed by atoms with E-state index >= 15 is 0 Å². The van der Waals surface area contributed by atoms with E-state index < -0.39 is 12.1 Å². The van der Waals surface area contributed by atoms with E-state index in [-0.39, 0.29) is 18.5 Å². The third kappa shape index (κ3) is 45.3. The SMILES string of the molecule is CCCCCCCCC/C=C\CCCCCCCC(=O)OCCCCC/C=C\C=C/CCCCCCCCC(=O)NC(CO)C(O)/C=C/CCCCCCCCCCCC. The van der Waals surface area contributed by atoms with Crippen LogP contribution in [0.5, 0.6) is 0 Å². The lowest BCUT2D eigenvalue weighted by Crippen LogP contribution is -2.45. The zero-order valence-corrected chi connectivity index (χ0v) is 39.7. The second-order valence-corrected chi connectivity index (χ2v) is 17.5. The van der Waals surface area contributed by atoms with Gasteiger partial charge in [-0.05, 0) is 89.9 Å². The van der Waals surface area contributed by atoms with Gasteiger partial charge in [-0.25, -0.2) is 0 Å². The summed E-state index contributed by atoms with van der Waals surface area (Å²) in [6, 6.07) is -0.644. The zero-order valence-electron chi connectivity index (χ0n) is 39.7. The van der Waals surface area contributed by atoms with Crippen molar-refractivity contribution in [3.8, 4) is 0 Å². The van der Waals surface area contributed by atoms with Gasteiger partial charge in [0.25, 0.3) is 0 Å². The fourth-order valence-corrected chi connectivity index (χ4v) is 7.56. The molecule has 2 unspecified atom stereocenters. The molecule has 0 bridgehead atoms. The number of aliphatic hydroxyl groups excluding tert-OH is 2. The van der Waals surface area contributed by atoms with Crippen molar-refractivity contribution in [2.75, 3.05) is 13.2 Å².